The van der Waals surface area contributed by atoms with Gasteiger partial charge in [0, 0.05) is 17.8 Å². The number of likely N-dealkylation sites (N-methyl/N-ethyl adjacent to an activating group) is 1. The summed E-state index contributed by atoms with van der Waals surface area (Å²) >= 11 is 6.29. The van der Waals surface area contributed by atoms with Gasteiger partial charge in [-0.05, 0) is 61.1 Å². The monoisotopic (exact) mass is 401 g/mol. The molecule has 0 spiro atoms. The summed E-state index contributed by atoms with van der Waals surface area (Å²) in [5.41, 5.74) is 5.54. The molecule has 0 saturated carbocycles. The van der Waals surface area contributed by atoms with Crippen molar-refractivity contribution in [3.05, 3.63) is 57.6 Å². The van der Waals surface area contributed by atoms with Crippen LogP contribution in [0.25, 0.3) is 0 Å². The van der Waals surface area contributed by atoms with Gasteiger partial charge in [0.1, 0.15) is 6.54 Å². The van der Waals surface area contributed by atoms with Crippen LogP contribution in [0.3, 0.4) is 0 Å². The number of nitrogens with one attached hydrogen (secondary N) is 2. The highest BCUT2D eigenvalue weighted by atomic mass is 35.5. The summed E-state index contributed by atoms with van der Waals surface area (Å²) in [7, 11) is 1.60. The Morgan fingerprint density at radius 1 is 1.04 bits per heavy atom. The smallest absolute Gasteiger partial charge is 0.322 e. The highest BCUT2D eigenvalue weighted by Crippen LogP contribution is 2.29. The third kappa shape index (κ3) is 5.04. The van der Waals surface area contributed by atoms with Gasteiger partial charge in [-0.1, -0.05) is 43.6 Å². The molecule has 0 saturated heterocycles. The number of amides is 3. The molecule has 0 fully saturated rings. The summed E-state index contributed by atoms with van der Waals surface area (Å²) in [6, 6.07) is 9.18. The van der Waals surface area contributed by atoms with E-state index in [1.807, 2.05) is 58.0 Å². The maximum atomic E-state index is 12.7. The number of halogens is 1. The summed E-state index contributed by atoms with van der Waals surface area (Å²) in [6.45, 7) is 7.92. The van der Waals surface area contributed by atoms with Gasteiger partial charge in [0.15, 0.2) is 0 Å². The lowest BCUT2D eigenvalue weighted by Crippen LogP contribution is -2.38. The van der Waals surface area contributed by atoms with Crippen LogP contribution in [0.2, 0.25) is 5.02 Å². The molecule has 2 aromatic rings. The lowest BCUT2D eigenvalue weighted by Gasteiger charge is -2.21. The Hall–Kier alpha value is -2.53. The van der Waals surface area contributed by atoms with Gasteiger partial charge in [-0.25, -0.2) is 4.79 Å². The molecule has 2 aromatic carbocycles. The second kappa shape index (κ2) is 9.60. The van der Waals surface area contributed by atoms with Crippen molar-refractivity contribution in [3.63, 3.8) is 0 Å². The van der Waals surface area contributed by atoms with Gasteiger partial charge < -0.3 is 15.5 Å². The fourth-order valence-corrected chi connectivity index (χ4v) is 3.32. The molecule has 5 nitrogen and oxygen atoms in total. The standard InChI is InChI=1S/C22H28ClN3O2/c1-6-16-11-12-18(23)17(7-2)21(16)25-22(28)26(5)13-20(27)24-19-10-8-9-14(3)15(19)4/h8-12H,6-7,13H2,1-5H3,(H,24,27)(H,25,28). The van der Waals surface area contributed by atoms with Gasteiger partial charge in [-0.15, -0.1) is 0 Å². The highest BCUT2D eigenvalue weighted by Gasteiger charge is 2.18. The van der Waals surface area contributed by atoms with Crippen molar-refractivity contribution >= 4 is 34.9 Å². The summed E-state index contributed by atoms with van der Waals surface area (Å²) in [5.74, 6) is -0.246. The van der Waals surface area contributed by atoms with E-state index >= 15 is 0 Å². The molecule has 0 bridgehead atoms. The molecule has 3 amide bonds. The van der Waals surface area contributed by atoms with Gasteiger partial charge in [-0.2, -0.15) is 0 Å². The molecule has 0 heterocycles. The minimum atomic E-state index is -0.345. The summed E-state index contributed by atoms with van der Waals surface area (Å²) in [4.78, 5) is 26.4. The average Bonchev–Trinajstić information content (AvgIpc) is 2.65. The Morgan fingerprint density at radius 2 is 1.75 bits per heavy atom. The Kier molecular flexibility index (Phi) is 7.46. The molecule has 0 atom stereocenters. The molecular formula is C22H28ClN3O2. The van der Waals surface area contributed by atoms with E-state index in [2.05, 4.69) is 10.6 Å². The molecule has 28 heavy (non-hydrogen) atoms. The van der Waals surface area contributed by atoms with Gasteiger partial charge in [0.2, 0.25) is 5.91 Å². The van der Waals surface area contributed by atoms with E-state index < -0.39 is 0 Å². The Bertz CT molecular complexity index is 880. The maximum Gasteiger partial charge on any atom is 0.322 e. The largest absolute Gasteiger partial charge is 0.324 e. The van der Waals surface area contributed by atoms with Crippen LogP contribution < -0.4 is 10.6 Å². The van der Waals surface area contributed by atoms with Gasteiger partial charge in [-0.3, -0.25) is 4.79 Å². The van der Waals surface area contributed by atoms with Crippen molar-refractivity contribution in [3.8, 4) is 0 Å². The van der Waals surface area contributed by atoms with E-state index in [1.165, 1.54) is 4.90 Å². The molecule has 150 valence electrons. The van der Waals surface area contributed by atoms with Gasteiger partial charge in [0.05, 0.1) is 5.69 Å². The minimum absolute atomic E-state index is 0.0529. The zero-order valence-corrected chi connectivity index (χ0v) is 17.9. The van der Waals surface area contributed by atoms with E-state index in [0.717, 1.165) is 40.0 Å². The Labute approximate surface area is 172 Å². The Morgan fingerprint density at radius 3 is 2.39 bits per heavy atom. The summed E-state index contributed by atoms with van der Waals surface area (Å²) in [5, 5.41) is 6.44. The molecule has 0 aliphatic heterocycles. The maximum absolute atomic E-state index is 12.7. The van der Waals surface area contributed by atoms with Crippen molar-refractivity contribution in [1.82, 2.24) is 4.90 Å². The van der Waals surface area contributed by atoms with Crippen LogP contribution >= 0.6 is 11.6 Å². The van der Waals surface area contributed by atoms with Crippen LogP contribution in [-0.2, 0) is 17.6 Å². The third-order valence-corrected chi connectivity index (χ3v) is 5.27. The van der Waals surface area contributed by atoms with Crippen LogP contribution in [0.1, 0.15) is 36.1 Å². The Balaban J connectivity index is 2.08. The number of benzene rings is 2. The summed E-state index contributed by atoms with van der Waals surface area (Å²) < 4.78 is 0. The normalized spacial score (nSPS) is 10.5. The lowest BCUT2D eigenvalue weighted by molar-refractivity contribution is -0.116. The second-order valence-corrected chi connectivity index (χ2v) is 7.26. The second-order valence-electron chi connectivity index (χ2n) is 6.85. The number of aryl methyl sites for hydroxylation is 2. The fourth-order valence-electron chi connectivity index (χ4n) is 3.03. The number of hydrogen-bond donors (Lipinski definition) is 2. The van der Waals surface area contributed by atoms with E-state index in [1.54, 1.807) is 7.05 Å². The number of urea groups is 1. The predicted molar refractivity (Wildman–Crippen MR) is 116 cm³/mol. The van der Waals surface area contributed by atoms with Crippen molar-refractivity contribution < 1.29 is 9.59 Å². The van der Waals surface area contributed by atoms with Crippen LogP contribution in [0.4, 0.5) is 16.2 Å². The molecule has 0 radical (unpaired) electrons. The van der Waals surface area contributed by atoms with Gasteiger partial charge in [0.25, 0.3) is 0 Å². The van der Waals surface area contributed by atoms with Crippen molar-refractivity contribution in [2.24, 2.45) is 0 Å². The first-order valence-electron chi connectivity index (χ1n) is 9.46. The third-order valence-electron chi connectivity index (χ3n) is 4.91. The highest BCUT2D eigenvalue weighted by molar-refractivity contribution is 6.32. The SMILES string of the molecule is CCc1ccc(Cl)c(CC)c1NC(=O)N(C)CC(=O)Nc1cccc(C)c1C. The number of nitrogens with zero attached hydrogens (tertiary/aromatic N) is 1. The van der Waals surface area contributed by atoms with Crippen molar-refractivity contribution in [1.29, 1.82) is 0 Å². The van der Waals surface area contributed by atoms with Crippen LogP contribution in [0.5, 0.6) is 0 Å². The quantitative estimate of drug-likeness (QED) is 0.700. The molecule has 6 heteroatoms. The first kappa shape index (κ1) is 21.8. The lowest BCUT2D eigenvalue weighted by atomic mass is 10.0. The molecule has 0 aromatic heterocycles. The fraction of sp³-hybridized carbons (Fsp3) is 0.364. The summed E-state index contributed by atoms with van der Waals surface area (Å²) in [6.07, 6.45) is 1.48. The number of hydrogen-bond acceptors (Lipinski definition) is 2. The number of rotatable bonds is 6. The van der Waals surface area contributed by atoms with E-state index in [4.69, 9.17) is 11.6 Å². The minimum Gasteiger partial charge on any atom is -0.324 e. The van der Waals surface area contributed by atoms with Gasteiger partial charge >= 0.3 is 6.03 Å². The molecule has 0 unspecified atom stereocenters. The first-order chi connectivity index (χ1) is 13.3. The number of anilines is 2. The predicted octanol–water partition coefficient (Wildman–Crippen LogP) is 5.18. The average molecular weight is 402 g/mol. The van der Waals surface area contributed by atoms with E-state index in [-0.39, 0.29) is 18.5 Å². The zero-order valence-electron chi connectivity index (χ0n) is 17.1. The first-order valence-corrected chi connectivity index (χ1v) is 9.84. The molecule has 0 aliphatic rings. The number of carbonyl (C=O) groups excluding carboxylic acids is 2. The van der Waals surface area contributed by atoms with Crippen molar-refractivity contribution in [2.45, 2.75) is 40.5 Å². The molecule has 0 aliphatic carbocycles. The number of carbonyl (C=O) groups is 2. The topological polar surface area (TPSA) is 61.4 Å². The molecule has 2 N–H and O–H groups in total. The molecular weight excluding hydrogens is 374 g/mol. The van der Waals surface area contributed by atoms with E-state index in [0.29, 0.717) is 11.4 Å². The van der Waals surface area contributed by atoms with Crippen molar-refractivity contribution in [2.75, 3.05) is 24.2 Å². The van der Waals surface area contributed by atoms with Crippen LogP contribution in [0, 0.1) is 13.8 Å². The van der Waals surface area contributed by atoms with Crippen LogP contribution in [-0.4, -0.2) is 30.4 Å². The molecule has 2 rings (SSSR count). The zero-order chi connectivity index (χ0) is 20.8. The van der Waals surface area contributed by atoms with E-state index in [9.17, 15) is 9.59 Å². The van der Waals surface area contributed by atoms with Crippen LogP contribution in [0.15, 0.2) is 30.3 Å².